The van der Waals surface area contributed by atoms with E-state index in [0.29, 0.717) is 6.61 Å². The van der Waals surface area contributed by atoms with E-state index in [1.807, 2.05) is 19.1 Å². The first-order chi connectivity index (χ1) is 8.15. The van der Waals surface area contributed by atoms with Crippen LogP contribution in [0.3, 0.4) is 0 Å². The van der Waals surface area contributed by atoms with Crippen molar-refractivity contribution in [3.63, 3.8) is 0 Å². The van der Waals surface area contributed by atoms with Crippen LogP contribution in [0.15, 0.2) is 34.8 Å². The molecule has 0 heterocycles. The van der Waals surface area contributed by atoms with Crippen molar-refractivity contribution in [1.29, 1.82) is 0 Å². The van der Waals surface area contributed by atoms with Gasteiger partial charge in [0.25, 0.3) is 0 Å². The molecule has 0 atom stereocenters. The second kappa shape index (κ2) is 7.51. The molecule has 0 radical (unpaired) electrons. The molecule has 0 aliphatic rings. The predicted octanol–water partition coefficient (Wildman–Crippen LogP) is 3.90. The summed E-state index contributed by atoms with van der Waals surface area (Å²) in [6.07, 6.45) is 0.891. The molecule has 17 heavy (non-hydrogen) atoms. The number of nitrogens with one attached hydrogen (secondary N) is 1. The van der Waals surface area contributed by atoms with E-state index in [9.17, 15) is 0 Å². The maximum Gasteiger partial charge on any atom is 0.137 e. The minimum absolute atomic E-state index is 0.678. The van der Waals surface area contributed by atoms with Crippen LogP contribution in [-0.4, -0.2) is 13.2 Å². The highest BCUT2D eigenvalue weighted by atomic mass is 79.9. The fourth-order valence-electron chi connectivity index (χ4n) is 1.44. The highest BCUT2D eigenvalue weighted by molar-refractivity contribution is 9.10. The maximum atomic E-state index is 5.83. The second-order valence-corrected chi connectivity index (χ2v) is 4.92. The number of ether oxygens (including phenoxy) is 1. The Kier molecular flexibility index (Phi) is 6.30. The molecule has 0 unspecified atom stereocenters. The Morgan fingerprint density at radius 1 is 1.47 bits per heavy atom. The first-order valence-electron chi connectivity index (χ1n) is 5.90. The summed E-state index contributed by atoms with van der Waals surface area (Å²) in [6.45, 7) is 10.5. The molecular formula is C14H20BrNO. The van der Waals surface area contributed by atoms with E-state index in [4.69, 9.17) is 4.74 Å². The fraction of sp³-hybridized carbons (Fsp3) is 0.429. The summed E-state index contributed by atoms with van der Waals surface area (Å²) in [5.41, 5.74) is 2.33. The quantitative estimate of drug-likeness (QED) is 0.771. The van der Waals surface area contributed by atoms with Gasteiger partial charge in [-0.05, 0) is 35.5 Å². The van der Waals surface area contributed by atoms with Crippen molar-refractivity contribution < 1.29 is 4.74 Å². The van der Waals surface area contributed by atoms with Gasteiger partial charge >= 0.3 is 0 Å². The van der Waals surface area contributed by atoms with Crippen LogP contribution < -0.4 is 10.1 Å². The summed E-state index contributed by atoms with van der Waals surface area (Å²) in [6, 6.07) is 6.12. The summed E-state index contributed by atoms with van der Waals surface area (Å²) in [4.78, 5) is 0. The van der Waals surface area contributed by atoms with Crippen molar-refractivity contribution in [2.45, 2.75) is 26.8 Å². The molecule has 1 aromatic rings. The van der Waals surface area contributed by atoms with Gasteiger partial charge in [-0.2, -0.15) is 0 Å². The van der Waals surface area contributed by atoms with E-state index in [2.05, 4.69) is 40.8 Å². The lowest BCUT2D eigenvalue weighted by atomic mass is 10.2. The maximum absolute atomic E-state index is 5.83. The third kappa shape index (κ3) is 4.92. The Morgan fingerprint density at radius 3 is 2.88 bits per heavy atom. The average molecular weight is 298 g/mol. The van der Waals surface area contributed by atoms with Crippen LogP contribution in [0.1, 0.15) is 25.8 Å². The van der Waals surface area contributed by atoms with E-state index >= 15 is 0 Å². The molecule has 0 saturated heterocycles. The Hall–Kier alpha value is -0.800. The number of hydrogen-bond acceptors (Lipinski definition) is 2. The van der Waals surface area contributed by atoms with Gasteiger partial charge in [-0.3, -0.25) is 0 Å². The molecule has 1 N–H and O–H groups in total. The second-order valence-electron chi connectivity index (χ2n) is 4.06. The largest absolute Gasteiger partial charge is 0.492 e. The topological polar surface area (TPSA) is 21.3 Å². The van der Waals surface area contributed by atoms with Crippen molar-refractivity contribution in [2.75, 3.05) is 13.2 Å². The van der Waals surface area contributed by atoms with Crippen LogP contribution in [0.2, 0.25) is 0 Å². The van der Waals surface area contributed by atoms with Crippen LogP contribution in [0, 0.1) is 0 Å². The van der Waals surface area contributed by atoms with Crippen LogP contribution in [-0.2, 0) is 6.54 Å². The zero-order chi connectivity index (χ0) is 12.7. The molecule has 1 aromatic carbocycles. The normalized spacial score (nSPS) is 10.3. The van der Waals surface area contributed by atoms with E-state index in [1.165, 1.54) is 5.56 Å². The first kappa shape index (κ1) is 14.3. The fourth-order valence-corrected chi connectivity index (χ4v) is 1.96. The van der Waals surface area contributed by atoms with E-state index < -0.39 is 0 Å². The van der Waals surface area contributed by atoms with Gasteiger partial charge in [0.2, 0.25) is 0 Å². The molecule has 0 fully saturated rings. The smallest absolute Gasteiger partial charge is 0.137 e. The summed E-state index contributed by atoms with van der Waals surface area (Å²) in [5, 5.41) is 3.31. The van der Waals surface area contributed by atoms with Crippen molar-refractivity contribution in [3.05, 3.63) is 40.4 Å². The van der Waals surface area contributed by atoms with Gasteiger partial charge in [0.1, 0.15) is 5.75 Å². The predicted molar refractivity (Wildman–Crippen MR) is 76.4 cm³/mol. The van der Waals surface area contributed by atoms with Gasteiger partial charge in [0, 0.05) is 18.5 Å². The van der Waals surface area contributed by atoms with Gasteiger partial charge in [-0.1, -0.05) is 24.6 Å². The number of para-hydroxylation sites is 1. The van der Waals surface area contributed by atoms with E-state index in [0.717, 1.165) is 35.3 Å². The summed E-state index contributed by atoms with van der Waals surface area (Å²) in [7, 11) is 0. The summed E-state index contributed by atoms with van der Waals surface area (Å²) < 4.78 is 6.84. The number of halogens is 1. The zero-order valence-corrected chi connectivity index (χ0v) is 12.1. The standard InChI is InChI=1S/C14H20BrNO/c1-4-16-10-12-6-5-7-13(15)14(12)17-9-8-11(2)3/h5-7,16H,2,4,8-10H2,1,3H3. The van der Waals surface area contributed by atoms with Crippen LogP contribution >= 0.6 is 15.9 Å². The van der Waals surface area contributed by atoms with Crippen molar-refractivity contribution in [1.82, 2.24) is 5.32 Å². The molecule has 0 aliphatic carbocycles. The summed E-state index contributed by atoms with van der Waals surface area (Å²) >= 11 is 3.53. The molecule has 2 nitrogen and oxygen atoms in total. The minimum atomic E-state index is 0.678. The lowest BCUT2D eigenvalue weighted by molar-refractivity contribution is 0.315. The Labute approximate surface area is 112 Å². The molecule has 3 heteroatoms. The molecule has 1 rings (SSSR count). The van der Waals surface area contributed by atoms with Gasteiger partial charge in [0.15, 0.2) is 0 Å². The van der Waals surface area contributed by atoms with Gasteiger partial charge in [0.05, 0.1) is 11.1 Å². The van der Waals surface area contributed by atoms with Gasteiger partial charge in [-0.25, -0.2) is 0 Å². The molecule has 0 aliphatic heterocycles. The molecule has 0 aromatic heterocycles. The van der Waals surface area contributed by atoms with E-state index in [-0.39, 0.29) is 0 Å². The third-order valence-electron chi connectivity index (χ3n) is 2.39. The number of hydrogen-bond donors (Lipinski definition) is 1. The molecule has 0 spiro atoms. The minimum Gasteiger partial charge on any atom is -0.492 e. The van der Waals surface area contributed by atoms with E-state index in [1.54, 1.807) is 0 Å². The monoisotopic (exact) mass is 297 g/mol. The Bertz CT molecular complexity index is 376. The number of benzene rings is 1. The van der Waals surface area contributed by atoms with Gasteiger partial charge in [-0.15, -0.1) is 6.58 Å². The molecule has 0 amide bonds. The van der Waals surface area contributed by atoms with Crippen molar-refractivity contribution >= 4 is 15.9 Å². The van der Waals surface area contributed by atoms with Gasteiger partial charge < -0.3 is 10.1 Å². The van der Waals surface area contributed by atoms with Crippen LogP contribution in [0.5, 0.6) is 5.75 Å². The molecular weight excluding hydrogens is 278 g/mol. The average Bonchev–Trinajstić information content (AvgIpc) is 2.29. The molecule has 0 saturated carbocycles. The Morgan fingerprint density at radius 2 is 2.24 bits per heavy atom. The Balaban J connectivity index is 2.69. The SMILES string of the molecule is C=C(C)CCOc1c(Br)cccc1CNCC. The van der Waals surface area contributed by atoms with Crippen molar-refractivity contribution in [3.8, 4) is 5.75 Å². The third-order valence-corrected chi connectivity index (χ3v) is 3.01. The lowest BCUT2D eigenvalue weighted by Gasteiger charge is -2.13. The highest BCUT2D eigenvalue weighted by Gasteiger charge is 2.07. The molecule has 94 valence electrons. The first-order valence-corrected chi connectivity index (χ1v) is 6.69. The molecule has 0 bridgehead atoms. The van der Waals surface area contributed by atoms with Crippen molar-refractivity contribution in [2.24, 2.45) is 0 Å². The number of rotatable bonds is 7. The highest BCUT2D eigenvalue weighted by Crippen LogP contribution is 2.29. The summed E-state index contributed by atoms with van der Waals surface area (Å²) in [5.74, 6) is 0.940. The van der Waals surface area contributed by atoms with Crippen LogP contribution in [0.4, 0.5) is 0 Å². The lowest BCUT2D eigenvalue weighted by Crippen LogP contribution is -2.13. The zero-order valence-electron chi connectivity index (χ0n) is 10.6. The van der Waals surface area contributed by atoms with Crippen LogP contribution in [0.25, 0.3) is 0 Å².